The molecule has 0 aromatic carbocycles. The van der Waals surface area contributed by atoms with Gasteiger partial charge in [-0.1, -0.05) is 6.92 Å². The summed E-state index contributed by atoms with van der Waals surface area (Å²) in [4.78, 5) is 10.8. The van der Waals surface area contributed by atoms with Crippen LogP contribution in [0.1, 0.15) is 20.8 Å². The van der Waals surface area contributed by atoms with Gasteiger partial charge in [0.15, 0.2) is 0 Å². The van der Waals surface area contributed by atoms with Crippen molar-refractivity contribution in [2.75, 3.05) is 19.4 Å². The van der Waals surface area contributed by atoms with E-state index in [0.717, 1.165) is 0 Å². The van der Waals surface area contributed by atoms with Gasteiger partial charge in [0.1, 0.15) is 0 Å². The van der Waals surface area contributed by atoms with Crippen LogP contribution in [0.15, 0.2) is 0 Å². The predicted molar refractivity (Wildman–Crippen MR) is 54.1 cm³/mol. The number of hydrogen-bond donors (Lipinski definition) is 1. The minimum absolute atomic E-state index is 0.0456. The lowest BCUT2D eigenvalue weighted by Crippen LogP contribution is -2.24. The SMILES string of the molecule is CCOP(=O)(C[C@H](C)C(N)=O)OCC. The van der Waals surface area contributed by atoms with E-state index in [1.165, 1.54) is 0 Å². The lowest BCUT2D eigenvalue weighted by atomic mass is 10.2. The van der Waals surface area contributed by atoms with Gasteiger partial charge in [-0.3, -0.25) is 9.36 Å². The number of hydrogen-bond acceptors (Lipinski definition) is 4. The quantitative estimate of drug-likeness (QED) is 0.661. The van der Waals surface area contributed by atoms with Crippen LogP contribution in [-0.2, 0) is 18.4 Å². The summed E-state index contributed by atoms with van der Waals surface area (Å²) in [5.41, 5.74) is 5.06. The van der Waals surface area contributed by atoms with Crippen molar-refractivity contribution in [3.63, 3.8) is 0 Å². The molecule has 0 rings (SSSR count). The van der Waals surface area contributed by atoms with E-state index in [0.29, 0.717) is 13.2 Å². The van der Waals surface area contributed by atoms with E-state index in [9.17, 15) is 9.36 Å². The second-order valence-electron chi connectivity index (χ2n) is 2.93. The van der Waals surface area contributed by atoms with Crippen LogP contribution in [-0.4, -0.2) is 25.3 Å². The van der Waals surface area contributed by atoms with E-state index >= 15 is 0 Å². The maximum absolute atomic E-state index is 11.9. The zero-order valence-electron chi connectivity index (χ0n) is 8.86. The molecule has 6 heteroatoms. The molecule has 0 bridgehead atoms. The van der Waals surface area contributed by atoms with Crippen molar-refractivity contribution in [2.24, 2.45) is 11.7 Å². The predicted octanol–water partition coefficient (Wildman–Crippen LogP) is 1.37. The molecular weight excluding hydrogens is 205 g/mol. The second-order valence-corrected chi connectivity index (χ2v) is 5.04. The van der Waals surface area contributed by atoms with Crippen molar-refractivity contribution < 1.29 is 18.4 Å². The Morgan fingerprint density at radius 2 is 1.79 bits per heavy atom. The molecule has 0 unspecified atom stereocenters. The molecule has 0 radical (unpaired) electrons. The first-order chi connectivity index (χ1) is 6.45. The number of carbonyl (C=O) groups excluding carboxylic acids is 1. The largest absolute Gasteiger partial charge is 0.369 e. The maximum Gasteiger partial charge on any atom is 0.331 e. The van der Waals surface area contributed by atoms with E-state index in [-0.39, 0.29) is 6.16 Å². The van der Waals surface area contributed by atoms with Crippen LogP contribution < -0.4 is 5.73 Å². The molecule has 0 aliphatic rings. The van der Waals surface area contributed by atoms with Gasteiger partial charge in [0.05, 0.1) is 19.4 Å². The molecule has 0 saturated carbocycles. The monoisotopic (exact) mass is 223 g/mol. The first kappa shape index (κ1) is 13.6. The van der Waals surface area contributed by atoms with E-state index in [4.69, 9.17) is 14.8 Å². The molecule has 0 aromatic heterocycles. The van der Waals surface area contributed by atoms with Crippen molar-refractivity contribution in [2.45, 2.75) is 20.8 Å². The first-order valence-corrected chi connectivity index (χ1v) is 6.35. The fraction of sp³-hybridized carbons (Fsp3) is 0.875. The highest BCUT2D eigenvalue weighted by atomic mass is 31.2. The van der Waals surface area contributed by atoms with Crippen LogP contribution in [0.3, 0.4) is 0 Å². The second kappa shape index (κ2) is 6.17. The summed E-state index contributed by atoms with van der Waals surface area (Å²) in [7, 11) is -3.13. The maximum atomic E-state index is 11.9. The van der Waals surface area contributed by atoms with E-state index in [2.05, 4.69) is 0 Å². The Bertz CT molecular complexity index is 221. The van der Waals surface area contributed by atoms with E-state index in [1.54, 1.807) is 20.8 Å². The van der Waals surface area contributed by atoms with Crippen molar-refractivity contribution in [1.29, 1.82) is 0 Å². The highest BCUT2D eigenvalue weighted by Crippen LogP contribution is 2.49. The highest BCUT2D eigenvalue weighted by Gasteiger charge is 2.28. The Labute approximate surface area is 84.5 Å². The normalized spacial score (nSPS) is 13.9. The minimum Gasteiger partial charge on any atom is -0.369 e. The Balaban J connectivity index is 4.35. The number of amides is 1. The number of rotatable bonds is 7. The van der Waals surface area contributed by atoms with Gasteiger partial charge < -0.3 is 14.8 Å². The van der Waals surface area contributed by atoms with Crippen molar-refractivity contribution >= 4 is 13.5 Å². The molecule has 14 heavy (non-hydrogen) atoms. The van der Waals surface area contributed by atoms with Crippen molar-refractivity contribution in [3.8, 4) is 0 Å². The van der Waals surface area contributed by atoms with Gasteiger partial charge in [-0.05, 0) is 13.8 Å². The summed E-state index contributed by atoms with van der Waals surface area (Å²) < 4.78 is 21.9. The van der Waals surface area contributed by atoms with Crippen LogP contribution in [0.2, 0.25) is 0 Å². The Kier molecular flexibility index (Phi) is 6.00. The van der Waals surface area contributed by atoms with Crippen LogP contribution in [0, 0.1) is 5.92 Å². The third kappa shape index (κ3) is 4.74. The van der Waals surface area contributed by atoms with Gasteiger partial charge in [-0.15, -0.1) is 0 Å². The first-order valence-electron chi connectivity index (χ1n) is 4.62. The van der Waals surface area contributed by atoms with E-state index < -0.39 is 19.4 Å². The molecule has 1 amide bonds. The number of primary amides is 1. The lowest BCUT2D eigenvalue weighted by Gasteiger charge is -2.18. The zero-order valence-corrected chi connectivity index (χ0v) is 9.75. The average Bonchev–Trinajstić information content (AvgIpc) is 2.04. The number of carbonyl (C=O) groups is 1. The summed E-state index contributed by atoms with van der Waals surface area (Å²) in [6, 6.07) is 0. The van der Waals surface area contributed by atoms with Gasteiger partial charge >= 0.3 is 7.60 Å². The van der Waals surface area contributed by atoms with Gasteiger partial charge in [0.25, 0.3) is 0 Å². The third-order valence-corrected chi connectivity index (χ3v) is 3.93. The molecule has 0 aliphatic carbocycles. The molecule has 84 valence electrons. The fourth-order valence-corrected chi connectivity index (χ4v) is 2.88. The molecule has 0 aliphatic heterocycles. The van der Waals surface area contributed by atoms with Crippen LogP contribution in [0.5, 0.6) is 0 Å². The standard InChI is InChI=1S/C8H18NO4P/c1-4-12-14(11,13-5-2)6-7(3)8(9)10/h7H,4-6H2,1-3H3,(H2,9,10)/t7-/m0/s1. The van der Waals surface area contributed by atoms with Crippen LogP contribution in [0.4, 0.5) is 0 Å². The van der Waals surface area contributed by atoms with Crippen LogP contribution in [0.25, 0.3) is 0 Å². The molecule has 0 heterocycles. The Morgan fingerprint density at radius 1 is 1.36 bits per heavy atom. The van der Waals surface area contributed by atoms with Gasteiger partial charge in [0.2, 0.25) is 5.91 Å². The summed E-state index contributed by atoms with van der Waals surface area (Å²) in [6.45, 7) is 5.64. The summed E-state index contributed by atoms with van der Waals surface area (Å²) >= 11 is 0. The molecule has 5 nitrogen and oxygen atoms in total. The van der Waals surface area contributed by atoms with Crippen molar-refractivity contribution in [1.82, 2.24) is 0 Å². The molecule has 2 N–H and O–H groups in total. The smallest absolute Gasteiger partial charge is 0.331 e. The Hall–Kier alpha value is -0.380. The zero-order chi connectivity index (χ0) is 11.2. The van der Waals surface area contributed by atoms with Crippen molar-refractivity contribution in [3.05, 3.63) is 0 Å². The molecule has 0 saturated heterocycles. The summed E-state index contributed by atoms with van der Waals surface area (Å²) in [5.74, 6) is -0.997. The summed E-state index contributed by atoms with van der Waals surface area (Å²) in [6.07, 6.45) is 0.0456. The molecular formula is C8H18NO4P. The number of nitrogens with two attached hydrogens (primary N) is 1. The highest BCUT2D eigenvalue weighted by molar-refractivity contribution is 7.53. The molecule has 1 atom stereocenters. The molecule has 0 spiro atoms. The Morgan fingerprint density at radius 3 is 2.07 bits per heavy atom. The third-order valence-electron chi connectivity index (χ3n) is 1.63. The lowest BCUT2D eigenvalue weighted by molar-refractivity contribution is -0.120. The molecule has 0 fully saturated rings. The van der Waals surface area contributed by atoms with E-state index in [1.807, 2.05) is 0 Å². The minimum atomic E-state index is -3.13. The topological polar surface area (TPSA) is 78.6 Å². The van der Waals surface area contributed by atoms with Gasteiger partial charge in [-0.25, -0.2) is 0 Å². The van der Waals surface area contributed by atoms with Crippen LogP contribution >= 0.6 is 7.60 Å². The average molecular weight is 223 g/mol. The van der Waals surface area contributed by atoms with Gasteiger partial charge in [0, 0.05) is 5.92 Å². The summed E-state index contributed by atoms with van der Waals surface area (Å²) in [5, 5.41) is 0. The fourth-order valence-electron chi connectivity index (χ4n) is 0.961. The van der Waals surface area contributed by atoms with Gasteiger partial charge in [-0.2, -0.15) is 0 Å². The molecule has 0 aromatic rings.